The van der Waals surface area contributed by atoms with Crippen molar-refractivity contribution in [3.8, 4) is 0 Å². The van der Waals surface area contributed by atoms with Crippen LogP contribution in [0.4, 0.5) is 0 Å². The van der Waals surface area contributed by atoms with Crippen LogP contribution in [0.1, 0.15) is 115 Å². The maximum atomic E-state index is 5.59. The molecule has 30 heavy (non-hydrogen) atoms. The molecular weight excluding hydrogens is 392 g/mol. The quantitative estimate of drug-likeness (QED) is 0.144. The highest BCUT2D eigenvalue weighted by Crippen LogP contribution is 2.30. The van der Waals surface area contributed by atoms with Gasteiger partial charge in [0.2, 0.25) is 17.4 Å². The van der Waals surface area contributed by atoms with Crippen LogP contribution in [0.2, 0.25) is 0 Å². The summed E-state index contributed by atoms with van der Waals surface area (Å²) >= 11 is 0. The smallest absolute Gasteiger partial charge is 0.228 e. The lowest BCUT2D eigenvalue weighted by Gasteiger charge is -2.36. The van der Waals surface area contributed by atoms with Crippen LogP contribution >= 0.6 is 0 Å². The van der Waals surface area contributed by atoms with E-state index < -0.39 is 28.6 Å². The molecule has 182 valence electrons. The second kappa shape index (κ2) is 12.1. The summed E-state index contributed by atoms with van der Waals surface area (Å²) in [7, 11) is 0. The van der Waals surface area contributed by atoms with Gasteiger partial charge < -0.3 is 0 Å². The van der Waals surface area contributed by atoms with Crippen LogP contribution in [-0.2, 0) is 39.1 Å². The summed E-state index contributed by atoms with van der Waals surface area (Å²) in [5, 5.41) is 0. The van der Waals surface area contributed by atoms with Crippen molar-refractivity contribution in [1.29, 1.82) is 0 Å². The highest BCUT2D eigenvalue weighted by Gasteiger charge is 2.39. The minimum Gasteiger partial charge on any atom is -0.228 e. The van der Waals surface area contributed by atoms with Crippen LogP contribution in [0, 0.1) is 0 Å². The fourth-order valence-corrected chi connectivity index (χ4v) is 1.27. The Morgan fingerprint density at radius 1 is 0.333 bits per heavy atom. The third kappa shape index (κ3) is 10.8. The standard InChI is InChI=1S/C22H46O8/c1-13-18(6,7)23-25-20(10,15-3)27-29-22(12,17-5)30-28-21(11,16-4)26-24-19(8,9)14-2/h13-17H2,1-12H3. The Morgan fingerprint density at radius 3 is 0.700 bits per heavy atom. The lowest BCUT2D eigenvalue weighted by Crippen LogP contribution is -2.43. The third-order valence-corrected chi connectivity index (χ3v) is 5.31. The van der Waals surface area contributed by atoms with Gasteiger partial charge in [0.25, 0.3) is 0 Å². The minimum absolute atomic E-state index is 0.440. The molecule has 0 aliphatic rings. The second-order valence-electron chi connectivity index (χ2n) is 9.36. The van der Waals surface area contributed by atoms with Gasteiger partial charge in [-0.25, -0.2) is 9.78 Å². The van der Waals surface area contributed by atoms with Gasteiger partial charge in [-0.2, -0.15) is 29.3 Å². The maximum absolute atomic E-state index is 5.59. The van der Waals surface area contributed by atoms with Gasteiger partial charge in [0, 0.05) is 19.3 Å². The van der Waals surface area contributed by atoms with E-state index in [1.54, 1.807) is 20.8 Å². The average Bonchev–Trinajstić information content (AvgIpc) is 2.73. The van der Waals surface area contributed by atoms with Crippen molar-refractivity contribution in [1.82, 2.24) is 0 Å². The Morgan fingerprint density at radius 2 is 0.533 bits per heavy atom. The molecule has 0 aromatic heterocycles. The zero-order valence-electron chi connectivity index (χ0n) is 21.3. The SMILES string of the molecule is CCC(C)(C)OOC(C)(CC)OOC(C)(CC)OOC(C)(CC)OOC(C)(C)CC. The van der Waals surface area contributed by atoms with E-state index in [4.69, 9.17) is 39.1 Å². The van der Waals surface area contributed by atoms with Gasteiger partial charge in [-0.1, -0.05) is 34.6 Å². The maximum Gasteiger partial charge on any atom is 0.231 e. The summed E-state index contributed by atoms with van der Waals surface area (Å²) in [4.78, 5) is 44.5. The van der Waals surface area contributed by atoms with E-state index in [9.17, 15) is 0 Å². The van der Waals surface area contributed by atoms with Gasteiger partial charge in [-0.3, -0.25) is 0 Å². The van der Waals surface area contributed by atoms with E-state index in [0.29, 0.717) is 19.3 Å². The normalized spacial score (nSPS) is 19.2. The molecule has 0 radical (unpaired) electrons. The summed E-state index contributed by atoms with van der Waals surface area (Å²) in [6, 6.07) is 0. The molecule has 0 aromatic rings. The first-order valence-electron chi connectivity index (χ1n) is 11.1. The van der Waals surface area contributed by atoms with Gasteiger partial charge >= 0.3 is 0 Å². The van der Waals surface area contributed by atoms with Crippen LogP contribution in [0.15, 0.2) is 0 Å². The summed E-state index contributed by atoms with van der Waals surface area (Å²) in [6.45, 7) is 22.6. The largest absolute Gasteiger partial charge is 0.231 e. The van der Waals surface area contributed by atoms with Crippen molar-refractivity contribution in [3.63, 3.8) is 0 Å². The number of rotatable bonds is 17. The molecule has 8 heteroatoms. The van der Waals surface area contributed by atoms with Gasteiger partial charge in [-0.05, 0) is 61.3 Å². The first-order valence-corrected chi connectivity index (χ1v) is 11.1. The van der Waals surface area contributed by atoms with E-state index in [1.165, 1.54) is 0 Å². The molecule has 0 bridgehead atoms. The van der Waals surface area contributed by atoms with Gasteiger partial charge in [0.05, 0.1) is 11.2 Å². The molecule has 0 spiro atoms. The molecule has 2 unspecified atom stereocenters. The minimum atomic E-state index is -1.21. The summed E-state index contributed by atoms with van der Waals surface area (Å²) < 4.78 is 0. The molecule has 0 heterocycles. The molecule has 0 N–H and O–H groups in total. The van der Waals surface area contributed by atoms with Crippen LogP contribution < -0.4 is 0 Å². The van der Waals surface area contributed by atoms with Crippen LogP contribution in [0.5, 0.6) is 0 Å². The fraction of sp³-hybridized carbons (Fsp3) is 1.00. The Labute approximate surface area is 183 Å². The zero-order chi connectivity index (χ0) is 23.7. The summed E-state index contributed by atoms with van der Waals surface area (Å²) in [5.74, 6) is -3.45. The van der Waals surface area contributed by atoms with Crippen molar-refractivity contribution in [3.05, 3.63) is 0 Å². The van der Waals surface area contributed by atoms with E-state index >= 15 is 0 Å². The van der Waals surface area contributed by atoms with Crippen molar-refractivity contribution in [2.24, 2.45) is 0 Å². The van der Waals surface area contributed by atoms with Gasteiger partial charge in [0.15, 0.2) is 0 Å². The summed E-state index contributed by atoms with van der Waals surface area (Å²) in [6.07, 6.45) is 2.98. The van der Waals surface area contributed by atoms with Crippen LogP contribution in [0.25, 0.3) is 0 Å². The van der Waals surface area contributed by atoms with E-state index in [0.717, 1.165) is 12.8 Å². The monoisotopic (exact) mass is 438 g/mol. The average molecular weight is 439 g/mol. The van der Waals surface area contributed by atoms with E-state index in [2.05, 4.69) is 0 Å². The molecule has 0 fully saturated rings. The highest BCUT2D eigenvalue weighted by atomic mass is 17.4. The first-order chi connectivity index (χ1) is 13.6. The van der Waals surface area contributed by atoms with Gasteiger partial charge in [-0.15, -0.1) is 0 Å². The Hall–Kier alpha value is -0.320. The molecule has 0 saturated heterocycles. The molecular formula is C22H46O8. The molecule has 0 aliphatic carbocycles. The lowest BCUT2D eigenvalue weighted by atomic mass is 10.1. The molecule has 0 aliphatic heterocycles. The Kier molecular flexibility index (Phi) is 11.9. The molecule has 0 rings (SSSR count). The van der Waals surface area contributed by atoms with Crippen LogP contribution in [0.3, 0.4) is 0 Å². The lowest BCUT2D eigenvalue weighted by molar-refractivity contribution is -0.611. The van der Waals surface area contributed by atoms with Crippen molar-refractivity contribution in [2.75, 3.05) is 0 Å². The molecule has 8 nitrogen and oxygen atoms in total. The second-order valence-corrected chi connectivity index (χ2v) is 9.36. The van der Waals surface area contributed by atoms with E-state index in [-0.39, 0.29) is 0 Å². The fourth-order valence-electron chi connectivity index (χ4n) is 1.27. The predicted molar refractivity (Wildman–Crippen MR) is 114 cm³/mol. The van der Waals surface area contributed by atoms with E-state index in [1.807, 2.05) is 62.3 Å². The molecule has 0 aromatic carbocycles. The topological polar surface area (TPSA) is 73.8 Å². The highest BCUT2D eigenvalue weighted by molar-refractivity contribution is 4.65. The van der Waals surface area contributed by atoms with Gasteiger partial charge in [0.1, 0.15) is 0 Å². The first kappa shape index (κ1) is 29.7. The zero-order valence-corrected chi connectivity index (χ0v) is 21.3. The summed E-state index contributed by atoms with van der Waals surface area (Å²) in [5.41, 5.74) is -0.889. The number of hydrogen-bond donors (Lipinski definition) is 0. The molecule has 2 atom stereocenters. The van der Waals surface area contributed by atoms with Crippen molar-refractivity contribution in [2.45, 2.75) is 144 Å². The Bertz CT molecular complexity index is 444. The Balaban J connectivity index is 4.93. The number of hydrogen-bond acceptors (Lipinski definition) is 8. The molecule has 0 amide bonds. The predicted octanol–water partition coefficient (Wildman–Crippen LogP) is 6.54. The van der Waals surface area contributed by atoms with Crippen molar-refractivity contribution < 1.29 is 39.1 Å². The van der Waals surface area contributed by atoms with Crippen LogP contribution in [-0.4, -0.2) is 28.6 Å². The van der Waals surface area contributed by atoms with Crippen molar-refractivity contribution >= 4 is 0 Å². The molecule has 0 saturated carbocycles. The third-order valence-electron chi connectivity index (χ3n) is 5.31.